The zero-order chi connectivity index (χ0) is 31.0. The summed E-state index contributed by atoms with van der Waals surface area (Å²) in [6, 6.07) is -3.49. The van der Waals surface area contributed by atoms with Gasteiger partial charge in [-0.05, 0) is 6.42 Å². The van der Waals surface area contributed by atoms with E-state index >= 15 is 0 Å². The topological polar surface area (TPSA) is 347 Å². The third kappa shape index (κ3) is 6.60. The maximum absolute atomic E-state index is 11.1. The Morgan fingerprint density at radius 3 is 1.48 bits per heavy atom. The lowest BCUT2D eigenvalue weighted by atomic mass is 9.85. The summed E-state index contributed by atoms with van der Waals surface area (Å²) in [5.41, 5.74) is 29.4. The van der Waals surface area contributed by atoms with E-state index in [9.17, 15) is 40.9 Å². The molecule has 4 fully saturated rings. The Balaban J connectivity index is 1.50. The lowest BCUT2D eigenvalue weighted by Gasteiger charge is -2.47. The Morgan fingerprint density at radius 2 is 1.00 bits per heavy atom. The Hall–Kier alpha value is -0.760. The molecule has 0 aromatic heterocycles. The summed E-state index contributed by atoms with van der Waals surface area (Å²) in [7, 11) is 0. The van der Waals surface area contributed by atoms with Gasteiger partial charge in [-0.1, -0.05) is 0 Å². The molecule has 3 heterocycles. The van der Waals surface area contributed by atoms with Gasteiger partial charge in [0.05, 0.1) is 24.8 Å². The molecule has 0 spiro atoms. The molecule has 19 heteroatoms. The summed E-state index contributed by atoms with van der Waals surface area (Å²) in [5.74, 6) is 0. The van der Waals surface area contributed by atoms with Crippen molar-refractivity contribution in [3.63, 3.8) is 0 Å². The summed E-state index contributed by atoms with van der Waals surface area (Å²) in [5, 5.41) is 83.2. The van der Waals surface area contributed by atoms with Crippen LogP contribution in [0.5, 0.6) is 0 Å². The minimum absolute atomic E-state index is 0.133. The Bertz CT molecular complexity index is 866. The molecule has 3 aliphatic heterocycles. The second-order valence-corrected chi connectivity index (χ2v) is 11.2. The number of aliphatic hydroxyl groups excluding tert-OH is 8. The predicted molar refractivity (Wildman–Crippen MR) is 136 cm³/mol. The molecule has 246 valence electrons. The lowest BCUT2D eigenvalue weighted by Crippen LogP contribution is -2.67. The van der Waals surface area contributed by atoms with E-state index < -0.39 is 123 Å². The fourth-order valence-corrected chi connectivity index (χ4v) is 5.68. The third-order valence-corrected chi connectivity index (χ3v) is 8.30. The summed E-state index contributed by atoms with van der Waals surface area (Å²) in [4.78, 5) is 0. The van der Waals surface area contributed by atoms with Crippen LogP contribution < -0.4 is 28.7 Å². The largest absolute Gasteiger partial charge is 0.394 e. The average Bonchev–Trinajstić information content (AvgIpc) is 3.27. The van der Waals surface area contributed by atoms with E-state index in [1.54, 1.807) is 0 Å². The number of nitrogens with two attached hydrogens (primary N) is 5. The molecule has 1 saturated carbocycles. The summed E-state index contributed by atoms with van der Waals surface area (Å²) >= 11 is 0. The van der Waals surface area contributed by atoms with Crippen LogP contribution in [0.3, 0.4) is 0 Å². The van der Waals surface area contributed by atoms with E-state index in [2.05, 4.69) is 0 Å². The number of ether oxygens (including phenoxy) is 6. The first-order valence-corrected chi connectivity index (χ1v) is 13.8. The van der Waals surface area contributed by atoms with Gasteiger partial charge in [0.1, 0.15) is 73.2 Å². The first-order valence-electron chi connectivity index (χ1n) is 13.8. The maximum atomic E-state index is 11.1. The minimum Gasteiger partial charge on any atom is -0.394 e. The van der Waals surface area contributed by atoms with Crippen LogP contribution in [0, 0.1) is 0 Å². The molecule has 0 unspecified atom stereocenters. The van der Waals surface area contributed by atoms with Crippen molar-refractivity contribution in [3.8, 4) is 0 Å². The van der Waals surface area contributed by atoms with Crippen LogP contribution >= 0.6 is 0 Å². The van der Waals surface area contributed by atoms with Crippen molar-refractivity contribution < 1.29 is 69.3 Å². The molecule has 0 radical (unpaired) electrons. The average molecular weight is 616 g/mol. The zero-order valence-electron chi connectivity index (χ0n) is 22.7. The first kappa shape index (κ1) is 34.1. The third-order valence-electron chi connectivity index (χ3n) is 8.30. The quantitative estimate of drug-likeness (QED) is 0.114. The second-order valence-electron chi connectivity index (χ2n) is 11.2. The second kappa shape index (κ2) is 14.1. The van der Waals surface area contributed by atoms with Crippen molar-refractivity contribution in [2.45, 2.75) is 123 Å². The molecule has 0 bridgehead atoms. The van der Waals surface area contributed by atoms with Crippen LogP contribution in [0.15, 0.2) is 0 Å². The Morgan fingerprint density at radius 1 is 0.548 bits per heavy atom. The molecule has 19 atom stereocenters. The van der Waals surface area contributed by atoms with Gasteiger partial charge < -0.3 is 97.9 Å². The Kier molecular flexibility index (Phi) is 11.5. The van der Waals surface area contributed by atoms with Crippen LogP contribution in [0.1, 0.15) is 6.42 Å². The number of rotatable bonds is 9. The number of hydrogen-bond donors (Lipinski definition) is 13. The molecule has 4 aliphatic rings. The van der Waals surface area contributed by atoms with Gasteiger partial charge in [0.2, 0.25) is 0 Å². The molecule has 0 aromatic carbocycles. The minimum atomic E-state index is -1.65. The molecule has 42 heavy (non-hydrogen) atoms. The van der Waals surface area contributed by atoms with E-state index in [1.807, 2.05) is 0 Å². The van der Waals surface area contributed by atoms with Crippen LogP contribution in [0.4, 0.5) is 0 Å². The van der Waals surface area contributed by atoms with Crippen molar-refractivity contribution in [2.24, 2.45) is 28.7 Å². The highest BCUT2D eigenvalue weighted by molar-refractivity contribution is 5.01. The van der Waals surface area contributed by atoms with Crippen molar-refractivity contribution >= 4 is 0 Å². The highest BCUT2D eigenvalue weighted by Crippen LogP contribution is 2.34. The van der Waals surface area contributed by atoms with Crippen LogP contribution in [-0.4, -0.2) is 177 Å². The molecule has 0 aromatic rings. The SMILES string of the molecule is NC[C@@H]1O[C@H](O[C@H]2[C@@H](O)[C@H](O[C@@H]3[C@@H](O)[C@H](O)C[C@H](N)[C@H]3O[C@H]3O[C@H](CN)[C@@H](O)[C@H](O)[C@H]3N)O[C@@H]2CO)[C@@H](N)[C@H](O)[C@H]1O. The van der Waals surface area contributed by atoms with Crippen LogP contribution in [0.2, 0.25) is 0 Å². The molecule has 3 saturated heterocycles. The van der Waals surface area contributed by atoms with Crippen molar-refractivity contribution in [1.29, 1.82) is 0 Å². The van der Waals surface area contributed by atoms with E-state index in [0.29, 0.717) is 0 Å². The molecule has 19 nitrogen and oxygen atoms in total. The van der Waals surface area contributed by atoms with Crippen molar-refractivity contribution in [3.05, 3.63) is 0 Å². The van der Waals surface area contributed by atoms with Gasteiger partial charge in [-0.2, -0.15) is 0 Å². The summed E-state index contributed by atoms with van der Waals surface area (Å²) in [6.07, 6.45) is -22.1. The number of hydrogen-bond acceptors (Lipinski definition) is 19. The maximum Gasteiger partial charge on any atom is 0.187 e. The number of aliphatic hydroxyl groups is 8. The molecule has 1 aliphatic carbocycles. The lowest BCUT2D eigenvalue weighted by molar-refractivity contribution is -0.311. The first-order chi connectivity index (χ1) is 19.8. The van der Waals surface area contributed by atoms with E-state index in [0.717, 1.165) is 0 Å². The zero-order valence-corrected chi connectivity index (χ0v) is 22.7. The molecular formula is C23H45N5O14. The molecular weight excluding hydrogens is 570 g/mol. The standard InChI is InChI=1S/C23H45N5O14/c24-2-7-13(32)15(34)10(27)21(37-7)40-18-5(26)1-6(30)12(31)20(18)42-23-17(36)19(9(4-29)39-23)41-22-11(28)16(35)14(33)8(3-25)38-22/h5-23,29-36H,1-4,24-28H2/t5-,6+,7+,8-,9+,10+,11-,12-,13+,14-,15+,16-,17+,18+,19+,20+,21+,22+,23-/m0/s1. The summed E-state index contributed by atoms with van der Waals surface area (Å²) in [6.45, 7) is -1.02. The normalized spacial score (nSPS) is 53.8. The van der Waals surface area contributed by atoms with Crippen LogP contribution in [0.25, 0.3) is 0 Å². The molecule has 4 rings (SSSR count). The van der Waals surface area contributed by atoms with Crippen molar-refractivity contribution in [2.75, 3.05) is 19.7 Å². The summed E-state index contributed by atoms with van der Waals surface area (Å²) < 4.78 is 34.4. The van der Waals surface area contributed by atoms with Gasteiger partial charge in [0.15, 0.2) is 18.9 Å². The van der Waals surface area contributed by atoms with Gasteiger partial charge in [-0.25, -0.2) is 0 Å². The van der Waals surface area contributed by atoms with Crippen molar-refractivity contribution in [1.82, 2.24) is 0 Å². The van der Waals surface area contributed by atoms with E-state index in [1.165, 1.54) is 0 Å². The fraction of sp³-hybridized carbons (Fsp3) is 1.00. The van der Waals surface area contributed by atoms with E-state index in [4.69, 9.17) is 57.1 Å². The van der Waals surface area contributed by atoms with Gasteiger partial charge in [0, 0.05) is 19.1 Å². The van der Waals surface area contributed by atoms with E-state index in [-0.39, 0.29) is 19.5 Å². The highest BCUT2D eigenvalue weighted by atomic mass is 16.8. The van der Waals surface area contributed by atoms with Gasteiger partial charge >= 0.3 is 0 Å². The van der Waals surface area contributed by atoms with Gasteiger partial charge in [0.25, 0.3) is 0 Å². The van der Waals surface area contributed by atoms with Gasteiger partial charge in [-0.3, -0.25) is 0 Å². The van der Waals surface area contributed by atoms with Gasteiger partial charge in [-0.15, -0.1) is 0 Å². The Labute approximate surface area is 240 Å². The van der Waals surface area contributed by atoms with Crippen LogP contribution in [-0.2, 0) is 28.4 Å². The highest BCUT2D eigenvalue weighted by Gasteiger charge is 2.54. The monoisotopic (exact) mass is 615 g/mol. The molecule has 18 N–H and O–H groups in total. The smallest absolute Gasteiger partial charge is 0.187 e. The molecule has 0 amide bonds. The predicted octanol–water partition coefficient (Wildman–Crippen LogP) is -8.86. The fourth-order valence-electron chi connectivity index (χ4n) is 5.68.